The van der Waals surface area contributed by atoms with Crippen molar-refractivity contribution >= 4 is 11.8 Å². The van der Waals surface area contributed by atoms with E-state index >= 15 is 0 Å². The molecule has 1 aliphatic rings. The van der Waals surface area contributed by atoms with E-state index in [4.69, 9.17) is 5.73 Å². The lowest BCUT2D eigenvalue weighted by Gasteiger charge is -2.34. The summed E-state index contributed by atoms with van der Waals surface area (Å²) < 4.78 is 0. The second kappa shape index (κ2) is 5.84. The van der Waals surface area contributed by atoms with Crippen LogP contribution in [0.25, 0.3) is 0 Å². The fourth-order valence-corrected chi connectivity index (χ4v) is 2.25. The van der Waals surface area contributed by atoms with E-state index in [1.165, 1.54) is 0 Å². The Kier molecular flexibility index (Phi) is 4.16. The Labute approximate surface area is 112 Å². The van der Waals surface area contributed by atoms with Crippen LogP contribution in [0, 0.1) is 0 Å². The molecular weight excluding hydrogens is 242 g/mol. The van der Waals surface area contributed by atoms with Crippen molar-refractivity contribution in [2.24, 2.45) is 5.73 Å². The number of rotatable bonds is 3. The molecule has 19 heavy (non-hydrogen) atoms. The van der Waals surface area contributed by atoms with Gasteiger partial charge in [0, 0.05) is 13.1 Å². The Morgan fingerprint density at radius 2 is 2.16 bits per heavy atom. The molecule has 0 radical (unpaired) electrons. The molecule has 1 aromatic carbocycles. The molecule has 0 saturated carbocycles. The second-order valence-corrected chi connectivity index (χ2v) is 4.79. The van der Waals surface area contributed by atoms with Crippen molar-refractivity contribution in [3.63, 3.8) is 0 Å². The van der Waals surface area contributed by atoms with Gasteiger partial charge in [-0.1, -0.05) is 30.3 Å². The lowest BCUT2D eigenvalue weighted by atomic mass is 10.0. The van der Waals surface area contributed by atoms with E-state index in [9.17, 15) is 9.59 Å². The maximum Gasteiger partial charge on any atom is 0.242 e. The highest BCUT2D eigenvalue weighted by Crippen LogP contribution is 2.09. The SMILES string of the molecule is C[C@H]1C(=O)NCCN1C(=O)[C@@H](N)Cc1ccccc1. The predicted octanol–water partition coefficient (Wildman–Crippen LogP) is -0.0967. The van der Waals surface area contributed by atoms with E-state index in [2.05, 4.69) is 5.32 Å². The molecule has 0 aliphatic carbocycles. The van der Waals surface area contributed by atoms with Crippen LogP contribution in [-0.4, -0.2) is 41.9 Å². The van der Waals surface area contributed by atoms with Crippen molar-refractivity contribution in [3.8, 4) is 0 Å². The second-order valence-electron chi connectivity index (χ2n) is 4.79. The number of nitrogens with zero attached hydrogens (tertiary/aromatic N) is 1. The Balaban J connectivity index is 2.00. The minimum atomic E-state index is -0.601. The first kappa shape index (κ1) is 13.5. The summed E-state index contributed by atoms with van der Waals surface area (Å²) in [5, 5.41) is 2.73. The molecular formula is C14H19N3O2. The highest BCUT2D eigenvalue weighted by Gasteiger charge is 2.31. The summed E-state index contributed by atoms with van der Waals surface area (Å²) in [6.07, 6.45) is 0.491. The minimum Gasteiger partial charge on any atom is -0.353 e. The molecule has 1 heterocycles. The third-order valence-corrected chi connectivity index (χ3v) is 3.40. The number of nitrogens with two attached hydrogens (primary N) is 1. The molecule has 2 rings (SSSR count). The molecule has 102 valence electrons. The highest BCUT2D eigenvalue weighted by atomic mass is 16.2. The lowest BCUT2D eigenvalue weighted by molar-refractivity contribution is -0.143. The van der Waals surface area contributed by atoms with Gasteiger partial charge in [0.2, 0.25) is 11.8 Å². The molecule has 0 unspecified atom stereocenters. The third-order valence-electron chi connectivity index (χ3n) is 3.40. The van der Waals surface area contributed by atoms with E-state index in [1.54, 1.807) is 11.8 Å². The average molecular weight is 261 g/mol. The number of nitrogens with one attached hydrogen (secondary N) is 1. The molecule has 1 aliphatic heterocycles. The minimum absolute atomic E-state index is 0.119. The quantitative estimate of drug-likeness (QED) is 0.798. The van der Waals surface area contributed by atoms with E-state index < -0.39 is 12.1 Å². The Morgan fingerprint density at radius 1 is 1.47 bits per heavy atom. The van der Waals surface area contributed by atoms with Gasteiger partial charge in [-0.2, -0.15) is 0 Å². The van der Waals surface area contributed by atoms with Gasteiger partial charge in [-0.05, 0) is 18.9 Å². The smallest absolute Gasteiger partial charge is 0.242 e. The van der Waals surface area contributed by atoms with Gasteiger partial charge in [-0.3, -0.25) is 9.59 Å². The predicted molar refractivity (Wildman–Crippen MR) is 72.3 cm³/mol. The van der Waals surface area contributed by atoms with Crippen LogP contribution in [0.2, 0.25) is 0 Å². The van der Waals surface area contributed by atoms with Crippen molar-refractivity contribution in [1.82, 2.24) is 10.2 Å². The zero-order chi connectivity index (χ0) is 13.8. The molecule has 0 spiro atoms. The summed E-state index contributed by atoms with van der Waals surface area (Å²) in [6.45, 7) is 2.74. The van der Waals surface area contributed by atoms with Gasteiger partial charge in [0.15, 0.2) is 0 Å². The van der Waals surface area contributed by atoms with Gasteiger partial charge in [-0.25, -0.2) is 0 Å². The summed E-state index contributed by atoms with van der Waals surface area (Å²) >= 11 is 0. The molecule has 3 N–H and O–H groups in total. The number of carbonyl (C=O) groups excluding carboxylic acids is 2. The number of carbonyl (C=O) groups is 2. The molecule has 2 atom stereocenters. The topological polar surface area (TPSA) is 75.4 Å². The Morgan fingerprint density at radius 3 is 2.84 bits per heavy atom. The van der Waals surface area contributed by atoms with E-state index in [-0.39, 0.29) is 11.8 Å². The summed E-state index contributed by atoms with van der Waals surface area (Å²) in [5.41, 5.74) is 6.99. The van der Waals surface area contributed by atoms with Crippen LogP contribution in [0.1, 0.15) is 12.5 Å². The molecule has 2 amide bonds. The molecule has 0 aromatic heterocycles. The largest absolute Gasteiger partial charge is 0.353 e. The first-order chi connectivity index (χ1) is 9.09. The average Bonchev–Trinajstić information content (AvgIpc) is 2.42. The van der Waals surface area contributed by atoms with Gasteiger partial charge in [0.25, 0.3) is 0 Å². The van der Waals surface area contributed by atoms with E-state index in [0.29, 0.717) is 19.5 Å². The zero-order valence-electron chi connectivity index (χ0n) is 11.0. The standard InChI is InChI=1S/C14H19N3O2/c1-10-13(18)16-7-8-17(10)14(19)12(15)9-11-5-3-2-4-6-11/h2-6,10,12H,7-9,15H2,1H3,(H,16,18)/t10-,12-/m0/s1. The third kappa shape index (κ3) is 3.12. The monoisotopic (exact) mass is 261 g/mol. The summed E-state index contributed by atoms with van der Waals surface area (Å²) in [7, 11) is 0. The van der Waals surface area contributed by atoms with Crippen LogP contribution < -0.4 is 11.1 Å². The first-order valence-electron chi connectivity index (χ1n) is 6.47. The molecule has 0 bridgehead atoms. The van der Waals surface area contributed by atoms with Crippen molar-refractivity contribution in [1.29, 1.82) is 0 Å². The number of piperazine rings is 1. The van der Waals surface area contributed by atoms with Crippen molar-refractivity contribution in [2.75, 3.05) is 13.1 Å². The zero-order valence-corrected chi connectivity index (χ0v) is 11.0. The maximum atomic E-state index is 12.3. The molecule has 5 heteroatoms. The number of amides is 2. The number of hydrogen-bond acceptors (Lipinski definition) is 3. The summed E-state index contributed by atoms with van der Waals surface area (Å²) in [5.74, 6) is -0.280. The van der Waals surface area contributed by atoms with Crippen LogP contribution in [0.5, 0.6) is 0 Å². The molecule has 1 fully saturated rings. The summed E-state index contributed by atoms with van der Waals surface area (Å²) in [6, 6.07) is 8.61. The van der Waals surface area contributed by atoms with Crippen molar-refractivity contribution in [3.05, 3.63) is 35.9 Å². The van der Waals surface area contributed by atoms with Gasteiger partial charge < -0.3 is 16.0 Å². The normalized spacial score (nSPS) is 20.8. The van der Waals surface area contributed by atoms with Crippen molar-refractivity contribution in [2.45, 2.75) is 25.4 Å². The van der Waals surface area contributed by atoms with Crippen LogP contribution in [0.15, 0.2) is 30.3 Å². The number of hydrogen-bond donors (Lipinski definition) is 2. The van der Waals surface area contributed by atoms with E-state index in [1.807, 2.05) is 30.3 Å². The molecule has 5 nitrogen and oxygen atoms in total. The van der Waals surface area contributed by atoms with Gasteiger partial charge in [-0.15, -0.1) is 0 Å². The number of benzene rings is 1. The van der Waals surface area contributed by atoms with Crippen LogP contribution >= 0.6 is 0 Å². The van der Waals surface area contributed by atoms with Crippen LogP contribution in [0.4, 0.5) is 0 Å². The fourth-order valence-electron chi connectivity index (χ4n) is 2.25. The Hall–Kier alpha value is -1.88. The van der Waals surface area contributed by atoms with Crippen molar-refractivity contribution < 1.29 is 9.59 Å². The molecule has 1 aromatic rings. The Bertz CT molecular complexity index is 461. The van der Waals surface area contributed by atoms with Gasteiger partial charge in [0.1, 0.15) is 6.04 Å². The molecule has 1 saturated heterocycles. The summed E-state index contributed by atoms with van der Waals surface area (Å²) in [4.78, 5) is 25.4. The highest BCUT2D eigenvalue weighted by molar-refractivity contribution is 5.90. The van der Waals surface area contributed by atoms with Crippen LogP contribution in [-0.2, 0) is 16.0 Å². The van der Waals surface area contributed by atoms with E-state index in [0.717, 1.165) is 5.56 Å². The van der Waals surface area contributed by atoms with Gasteiger partial charge >= 0.3 is 0 Å². The maximum absolute atomic E-state index is 12.3. The van der Waals surface area contributed by atoms with Crippen LogP contribution in [0.3, 0.4) is 0 Å². The first-order valence-corrected chi connectivity index (χ1v) is 6.47. The van der Waals surface area contributed by atoms with Gasteiger partial charge in [0.05, 0.1) is 6.04 Å². The lowest BCUT2D eigenvalue weighted by Crippen LogP contribution is -2.59. The fraction of sp³-hybridized carbons (Fsp3) is 0.429.